The lowest BCUT2D eigenvalue weighted by atomic mass is 9.72. The highest BCUT2D eigenvalue weighted by atomic mass is 16.5. The normalized spacial score (nSPS) is 19.1. The predicted molar refractivity (Wildman–Crippen MR) is 164 cm³/mol. The predicted octanol–water partition coefficient (Wildman–Crippen LogP) is 7.48. The summed E-state index contributed by atoms with van der Waals surface area (Å²) in [4.78, 5) is 0. The number of ether oxygens (including phenoxy) is 2. The molecule has 0 heterocycles. The van der Waals surface area contributed by atoms with E-state index in [1.54, 1.807) is 0 Å². The van der Waals surface area contributed by atoms with Gasteiger partial charge in [0.25, 0.3) is 0 Å². The van der Waals surface area contributed by atoms with Crippen LogP contribution in [0, 0.1) is 0 Å². The number of rotatable bonds is 8. The molecule has 206 valence electrons. The van der Waals surface area contributed by atoms with E-state index >= 15 is 0 Å². The second kappa shape index (κ2) is 10.5. The minimum Gasteiger partial charge on any atom is -0.489 e. The molecule has 6 aromatic rings. The Balaban J connectivity index is 1.26. The van der Waals surface area contributed by atoms with E-state index in [0.29, 0.717) is 47.0 Å². The average molecular weight is 551 g/mol. The van der Waals surface area contributed by atoms with Gasteiger partial charge in [0.2, 0.25) is 0 Å². The van der Waals surface area contributed by atoms with Crippen LogP contribution in [0.4, 0.5) is 0 Å². The summed E-state index contributed by atoms with van der Waals surface area (Å²) in [5.41, 5.74) is 1.13. The molecule has 0 fully saturated rings. The second-order valence-electron chi connectivity index (χ2n) is 10.7. The zero-order valence-corrected chi connectivity index (χ0v) is 23.0. The van der Waals surface area contributed by atoms with Gasteiger partial charge in [-0.15, -0.1) is 0 Å². The number of hydrogen-bond donors (Lipinski definition) is 2. The smallest absolute Gasteiger partial charge is 0.152 e. The molecule has 0 saturated heterocycles. The van der Waals surface area contributed by atoms with Gasteiger partial charge in [-0.05, 0) is 68.4 Å². The van der Waals surface area contributed by atoms with Crippen LogP contribution >= 0.6 is 0 Å². The van der Waals surface area contributed by atoms with Gasteiger partial charge in [0.05, 0.1) is 0 Å². The number of hydrogen-bond acceptors (Lipinski definition) is 4. The third kappa shape index (κ3) is 4.24. The Kier molecular flexibility index (Phi) is 6.50. The van der Waals surface area contributed by atoms with Crippen molar-refractivity contribution < 1.29 is 19.7 Å². The number of aliphatic hydroxyl groups is 2. The fourth-order valence-corrected chi connectivity index (χ4v) is 6.13. The maximum absolute atomic E-state index is 12.8. The molecule has 2 unspecified atom stereocenters. The summed E-state index contributed by atoms with van der Waals surface area (Å²) < 4.78 is 12.0. The van der Waals surface area contributed by atoms with E-state index in [0.717, 1.165) is 21.9 Å². The lowest BCUT2D eigenvalue weighted by molar-refractivity contribution is -0.105. The standard InChI is InChI=1S/C38H30O4/c39-37(30-17-21-32(22-18-30)41-25-27-9-3-1-4-10-27)34-15-7-13-29-14-8-16-35(36(29)34)38(37,40)31-19-23-33(24-20-31)42-26-28-11-5-2-6-12-28/h1-24,39-40H,25-26H2. The largest absolute Gasteiger partial charge is 0.489 e. The molecular formula is C38H30O4. The monoisotopic (exact) mass is 550 g/mol. The Bertz CT molecular complexity index is 1700. The molecule has 42 heavy (non-hydrogen) atoms. The van der Waals surface area contributed by atoms with Gasteiger partial charge in [0, 0.05) is 0 Å². The molecule has 0 spiro atoms. The van der Waals surface area contributed by atoms with Gasteiger partial charge in [0.15, 0.2) is 11.2 Å². The zero-order valence-electron chi connectivity index (χ0n) is 23.0. The van der Waals surface area contributed by atoms with Gasteiger partial charge >= 0.3 is 0 Å². The maximum Gasteiger partial charge on any atom is 0.152 e. The molecule has 1 aliphatic rings. The molecule has 1 aliphatic carbocycles. The zero-order chi connectivity index (χ0) is 28.6. The molecule has 4 nitrogen and oxygen atoms in total. The molecule has 0 amide bonds. The van der Waals surface area contributed by atoms with Gasteiger partial charge in [-0.25, -0.2) is 0 Å². The van der Waals surface area contributed by atoms with E-state index in [1.807, 2.05) is 146 Å². The molecule has 0 saturated carbocycles. The van der Waals surface area contributed by atoms with Crippen molar-refractivity contribution in [3.63, 3.8) is 0 Å². The first-order valence-electron chi connectivity index (χ1n) is 14.1. The lowest BCUT2D eigenvalue weighted by Crippen LogP contribution is -2.47. The van der Waals surface area contributed by atoms with Crippen LogP contribution in [0.15, 0.2) is 146 Å². The summed E-state index contributed by atoms with van der Waals surface area (Å²) >= 11 is 0. The average Bonchev–Trinajstić information content (AvgIpc) is 3.26. The molecule has 0 radical (unpaired) electrons. The van der Waals surface area contributed by atoms with E-state index in [-0.39, 0.29) is 0 Å². The summed E-state index contributed by atoms with van der Waals surface area (Å²) in [6.07, 6.45) is 0. The minimum atomic E-state index is -1.75. The summed E-state index contributed by atoms with van der Waals surface area (Å²) in [5, 5.41) is 27.4. The summed E-state index contributed by atoms with van der Waals surface area (Å²) in [7, 11) is 0. The maximum atomic E-state index is 12.8. The lowest BCUT2D eigenvalue weighted by Gasteiger charge is -2.40. The third-order valence-corrected chi connectivity index (χ3v) is 8.25. The van der Waals surface area contributed by atoms with Crippen LogP contribution < -0.4 is 9.47 Å². The second-order valence-corrected chi connectivity index (χ2v) is 10.7. The van der Waals surface area contributed by atoms with Crippen molar-refractivity contribution in [3.8, 4) is 11.5 Å². The highest BCUT2D eigenvalue weighted by Crippen LogP contribution is 2.58. The highest BCUT2D eigenvalue weighted by Gasteiger charge is 2.59. The first-order valence-corrected chi connectivity index (χ1v) is 14.1. The third-order valence-electron chi connectivity index (χ3n) is 8.25. The summed E-state index contributed by atoms with van der Waals surface area (Å²) in [6, 6.07) is 46.4. The Hall–Kier alpha value is -4.90. The quantitative estimate of drug-likeness (QED) is 0.206. The molecule has 0 bridgehead atoms. The van der Waals surface area contributed by atoms with E-state index < -0.39 is 11.2 Å². The van der Waals surface area contributed by atoms with Crippen molar-refractivity contribution in [2.45, 2.75) is 24.4 Å². The Morgan fingerprint density at radius 1 is 0.429 bits per heavy atom. The van der Waals surface area contributed by atoms with Crippen LogP contribution in [0.2, 0.25) is 0 Å². The topological polar surface area (TPSA) is 58.9 Å². The SMILES string of the molecule is OC1(c2ccc(OCc3ccccc3)cc2)c2cccc3cccc(c23)C1(O)c1ccc(OCc2ccccc2)cc1. The first-order chi connectivity index (χ1) is 20.6. The molecule has 2 N–H and O–H groups in total. The molecule has 0 aliphatic heterocycles. The van der Waals surface area contributed by atoms with E-state index in [4.69, 9.17) is 9.47 Å². The Morgan fingerprint density at radius 3 is 1.24 bits per heavy atom. The van der Waals surface area contributed by atoms with E-state index in [9.17, 15) is 10.2 Å². The minimum absolute atomic E-state index is 0.442. The number of benzene rings is 6. The van der Waals surface area contributed by atoms with Crippen LogP contribution in [0.1, 0.15) is 33.4 Å². The van der Waals surface area contributed by atoms with Gasteiger partial charge in [-0.2, -0.15) is 0 Å². The first kappa shape index (κ1) is 26.0. The van der Waals surface area contributed by atoms with Crippen molar-refractivity contribution in [3.05, 3.63) is 179 Å². The van der Waals surface area contributed by atoms with Crippen LogP contribution in [-0.2, 0) is 24.4 Å². The fraction of sp³-hybridized carbons (Fsp3) is 0.105. The van der Waals surface area contributed by atoms with Crippen LogP contribution in [0.25, 0.3) is 10.8 Å². The fourth-order valence-electron chi connectivity index (χ4n) is 6.13. The van der Waals surface area contributed by atoms with Crippen LogP contribution in [0.5, 0.6) is 11.5 Å². The molecule has 7 rings (SSSR count). The molecule has 4 heteroatoms. The highest BCUT2D eigenvalue weighted by molar-refractivity contribution is 5.95. The van der Waals surface area contributed by atoms with Gasteiger partial charge < -0.3 is 19.7 Å². The van der Waals surface area contributed by atoms with E-state index in [1.165, 1.54) is 0 Å². The molecular weight excluding hydrogens is 520 g/mol. The molecule has 2 atom stereocenters. The van der Waals surface area contributed by atoms with Gasteiger partial charge in [-0.3, -0.25) is 0 Å². The van der Waals surface area contributed by atoms with Crippen molar-refractivity contribution in [1.82, 2.24) is 0 Å². The van der Waals surface area contributed by atoms with Crippen molar-refractivity contribution >= 4 is 10.8 Å². The van der Waals surface area contributed by atoms with Crippen LogP contribution in [0.3, 0.4) is 0 Å². The molecule has 0 aromatic heterocycles. The van der Waals surface area contributed by atoms with Gasteiger partial charge in [-0.1, -0.05) is 121 Å². The summed E-state index contributed by atoms with van der Waals surface area (Å²) in [5.74, 6) is 1.37. The Morgan fingerprint density at radius 2 is 0.833 bits per heavy atom. The van der Waals surface area contributed by atoms with Crippen molar-refractivity contribution in [2.24, 2.45) is 0 Å². The van der Waals surface area contributed by atoms with Crippen molar-refractivity contribution in [2.75, 3.05) is 0 Å². The summed E-state index contributed by atoms with van der Waals surface area (Å²) in [6.45, 7) is 0.885. The van der Waals surface area contributed by atoms with Gasteiger partial charge in [0.1, 0.15) is 24.7 Å². The van der Waals surface area contributed by atoms with E-state index in [2.05, 4.69) is 0 Å². The van der Waals surface area contributed by atoms with Crippen LogP contribution in [-0.4, -0.2) is 10.2 Å². The van der Waals surface area contributed by atoms with Crippen molar-refractivity contribution in [1.29, 1.82) is 0 Å². The Labute approximate surface area is 245 Å². The molecule has 6 aromatic carbocycles.